The summed E-state index contributed by atoms with van der Waals surface area (Å²) >= 11 is 0. The Bertz CT molecular complexity index is 1170. The van der Waals surface area contributed by atoms with Crippen LogP contribution in [0.1, 0.15) is 84.7 Å². The molecule has 0 aromatic heterocycles. The SMILES string of the molecule is COC(=O)[C@H](CC1CNc2ccc(CCC(C)(C)CC(C)(C)CO)cc21)N1C(=O)c2ccccc2C1=O. The van der Waals surface area contributed by atoms with E-state index in [1.165, 1.54) is 12.7 Å². The van der Waals surface area contributed by atoms with Crippen LogP contribution in [0.5, 0.6) is 0 Å². The van der Waals surface area contributed by atoms with E-state index >= 15 is 0 Å². The van der Waals surface area contributed by atoms with Crippen molar-refractivity contribution < 1.29 is 24.2 Å². The van der Waals surface area contributed by atoms with E-state index in [1.54, 1.807) is 24.3 Å². The Balaban J connectivity index is 1.52. The topological polar surface area (TPSA) is 95.9 Å². The maximum absolute atomic E-state index is 13.1. The van der Waals surface area contributed by atoms with Crippen molar-refractivity contribution in [3.05, 3.63) is 64.7 Å². The summed E-state index contributed by atoms with van der Waals surface area (Å²) in [6.07, 6.45) is 3.09. The number of carbonyl (C=O) groups is 3. The van der Waals surface area contributed by atoms with Gasteiger partial charge in [0.2, 0.25) is 0 Å². The molecule has 0 spiro atoms. The summed E-state index contributed by atoms with van der Waals surface area (Å²) in [7, 11) is 1.28. The molecule has 0 bridgehead atoms. The molecule has 0 fully saturated rings. The van der Waals surface area contributed by atoms with Crippen LogP contribution in [0.2, 0.25) is 0 Å². The molecule has 2 aromatic carbocycles. The lowest BCUT2D eigenvalue weighted by Crippen LogP contribution is -2.46. The van der Waals surface area contributed by atoms with Crippen molar-refractivity contribution in [1.29, 1.82) is 0 Å². The van der Waals surface area contributed by atoms with Gasteiger partial charge in [-0.3, -0.25) is 14.5 Å². The number of imide groups is 1. The number of aliphatic hydroxyl groups excluding tert-OH is 1. The van der Waals surface area contributed by atoms with Crippen LogP contribution in [0.4, 0.5) is 5.69 Å². The second kappa shape index (κ2) is 10.3. The summed E-state index contributed by atoms with van der Waals surface area (Å²) in [5.74, 6) is -1.55. The highest BCUT2D eigenvalue weighted by Crippen LogP contribution is 2.40. The monoisotopic (exact) mass is 506 g/mol. The Morgan fingerprint density at radius 2 is 1.73 bits per heavy atom. The van der Waals surface area contributed by atoms with Gasteiger partial charge < -0.3 is 15.2 Å². The number of fused-ring (bicyclic) bond motifs is 2. The van der Waals surface area contributed by atoms with Crippen molar-refractivity contribution >= 4 is 23.5 Å². The quantitative estimate of drug-likeness (QED) is 0.355. The molecular formula is C30H38N2O5. The number of hydrogen-bond donors (Lipinski definition) is 2. The maximum atomic E-state index is 13.1. The van der Waals surface area contributed by atoms with Crippen molar-refractivity contribution in [2.24, 2.45) is 10.8 Å². The minimum Gasteiger partial charge on any atom is -0.467 e. The van der Waals surface area contributed by atoms with Gasteiger partial charge in [-0.2, -0.15) is 0 Å². The van der Waals surface area contributed by atoms with Crippen LogP contribution in [0, 0.1) is 10.8 Å². The zero-order chi connectivity index (χ0) is 27.0. The number of anilines is 1. The fraction of sp³-hybridized carbons (Fsp3) is 0.500. The molecule has 2 aromatic rings. The second-order valence-corrected chi connectivity index (χ2v) is 12.0. The third-order valence-electron chi connectivity index (χ3n) is 7.69. The standard InChI is InChI=1S/C30H38N2O5/c1-29(2,17-30(3,4)18-33)13-12-19-10-11-24-23(14-19)20(16-31-24)15-25(28(36)37-5)32-26(34)21-8-6-7-9-22(21)27(32)35/h6-11,14,20,25,31,33H,12-13,15-18H2,1-5H3/t20?,25-/m0/s1. The molecule has 0 aliphatic carbocycles. The minimum absolute atomic E-state index is 0.0512. The van der Waals surface area contributed by atoms with Crippen LogP contribution in [-0.2, 0) is 16.0 Å². The molecule has 1 unspecified atom stereocenters. The molecule has 2 amide bonds. The predicted molar refractivity (Wildman–Crippen MR) is 143 cm³/mol. The van der Waals surface area contributed by atoms with Crippen LogP contribution in [0.15, 0.2) is 42.5 Å². The fourth-order valence-corrected chi connectivity index (χ4v) is 5.95. The van der Waals surface area contributed by atoms with E-state index in [0.29, 0.717) is 17.7 Å². The second-order valence-electron chi connectivity index (χ2n) is 12.0. The van der Waals surface area contributed by atoms with E-state index in [1.807, 2.05) is 0 Å². The average Bonchev–Trinajstić information content (AvgIpc) is 3.38. The Kier molecular flexibility index (Phi) is 7.47. The molecule has 7 heteroatoms. The van der Waals surface area contributed by atoms with E-state index in [9.17, 15) is 19.5 Å². The first-order valence-corrected chi connectivity index (χ1v) is 13.0. The van der Waals surface area contributed by atoms with Gasteiger partial charge in [0.05, 0.1) is 18.2 Å². The number of hydrogen-bond acceptors (Lipinski definition) is 6. The van der Waals surface area contributed by atoms with Gasteiger partial charge in [0.25, 0.3) is 11.8 Å². The Hall–Kier alpha value is -3.19. The van der Waals surface area contributed by atoms with E-state index in [4.69, 9.17) is 4.74 Å². The van der Waals surface area contributed by atoms with E-state index in [2.05, 4.69) is 51.2 Å². The number of amides is 2. The number of esters is 1. The Morgan fingerprint density at radius 1 is 1.08 bits per heavy atom. The van der Waals surface area contributed by atoms with Crippen LogP contribution in [0.25, 0.3) is 0 Å². The van der Waals surface area contributed by atoms with Gasteiger partial charge in [0.15, 0.2) is 0 Å². The van der Waals surface area contributed by atoms with E-state index in [0.717, 1.165) is 35.4 Å². The van der Waals surface area contributed by atoms with Crippen LogP contribution >= 0.6 is 0 Å². The highest BCUT2D eigenvalue weighted by Gasteiger charge is 2.44. The molecule has 0 saturated heterocycles. The number of nitrogens with zero attached hydrogens (tertiary/aromatic N) is 1. The normalized spacial score (nSPS) is 17.9. The molecule has 7 nitrogen and oxygen atoms in total. The largest absolute Gasteiger partial charge is 0.467 e. The zero-order valence-electron chi connectivity index (χ0n) is 22.5. The van der Waals surface area contributed by atoms with Crippen LogP contribution < -0.4 is 5.32 Å². The molecule has 2 heterocycles. The van der Waals surface area contributed by atoms with Crippen LogP contribution in [0.3, 0.4) is 0 Å². The highest BCUT2D eigenvalue weighted by molar-refractivity contribution is 6.22. The Labute approximate surface area is 219 Å². The third kappa shape index (κ3) is 5.57. The smallest absolute Gasteiger partial charge is 0.329 e. The first-order chi connectivity index (χ1) is 17.5. The average molecular weight is 507 g/mol. The summed E-state index contributed by atoms with van der Waals surface area (Å²) in [5, 5.41) is 13.1. The van der Waals surface area contributed by atoms with Gasteiger partial charge in [0, 0.05) is 24.8 Å². The molecule has 198 valence electrons. The molecular weight excluding hydrogens is 468 g/mol. The lowest BCUT2D eigenvalue weighted by molar-refractivity contribution is -0.145. The van der Waals surface area contributed by atoms with Crippen molar-refractivity contribution in [3.63, 3.8) is 0 Å². The van der Waals surface area contributed by atoms with Gasteiger partial charge >= 0.3 is 5.97 Å². The first kappa shape index (κ1) is 26.9. The number of benzene rings is 2. The molecule has 2 N–H and O–H groups in total. The number of carbonyl (C=O) groups excluding carboxylic acids is 3. The highest BCUT2D eigenvalue weighted by atomic mass is 16.5. The summed E-state index contributed by atoms with van der Waals surface area (Å²) in [6.45, 7) is 9.44. The van der Waals surface area contributed by atoms with Crippen molar-refractivity contribution in [2.45, 2.75) is 65.3 Å². The minimum atomic E-state index is -1.00. The molecule has 2 aliphatic rings. The first-order valence-electron chi connectivity index (χ1n) is 13.0. The van der Waals surface area contributed by atoms with Crippen molar-refractivity contribution in [1.82, 2.24) is 4.90 Å². The van der Waals surface area contributed by atoms with E-state index < -0.39 is 23.8 Å². The fourth-order valence-electron chi connectivity index (χ4n) is 5.95. The lowest BCUT2D eigenvalue weighted by atomic mass is 9.73. The number of aryl methyl sites for hydroxylation is 1. The summed E-state index contributed by atoms with van der Waals surface area (Å²) in [6, 6.07) is 12.0. The lowest BCUT2D eigenvalue weighted by Gasteiger charge is -2.34. The molecule has 0 saturated carbocycles. The van der Waals surface area contributed by atoms with Gasteiger partial charge in [-0.05, 0) is 65.8 Å². The number of nitrogens with one attached hydrogen (secondary N) is 1. The number of aliphatic hydroxyl groups is 1. The Morgan fingerprint density at radius 3 is 2.32 bits per heavy atom. The van der Waals surface area contributed by atoms with Gasteiger partial charge in [0.1, 0.15) is 6.04 Å². The van der Waals surface area contributed by atoms with Gasteiger partial charge in [-0.1, -0.05) is 52.0 Å². The predicted octanol–water partition coefficient (Wildman–Crippen LogP) is 4.79. The number of methoxy groups -OCH3 is 1. The number of ether oxygens (including phenoxy) is 1. The van der Waals surface area contributed by atoms with Gasteiger partial charge in [-0.15, -0.1) is 0 Å². The summed E-state index contributed by atoms with van der Waals surface area (Å²) < 4.78 is 5.04. The third-order valence-corrected chi connectivity index (χ3v) is 7.69. The maximum Gasteiger partial charge on any atom is 0.329 e. The van der Waals surface area contributed by atoms with Crippen molar-refractivity contribution in [2.75, 3.05) is 25.6 Å². The number of rotatable bonds is 10. The molecule has 4 rings (SSSR count). The molecule has 2 aliphatic heterocycles. The zero-order valence-corrected chi connectivity index (χ0v) is 22.5. The molecule has 2 atom stereocenters. The molecule has 37 heavy (non-hydrogen) atoms. The van der Waals surface area contributed by atoms with Crippen LogP contribution in [-0.4, -0.2) is 54.1 Å². The molecule has 0 radical (unpaired) electrons. The van der Waals surface area contributed by atoms with Crippen molar-refractivity contribution in [3.8, 4) is 0 Å². The van der Waals surface area contributed by atoms with Gasteiger partial charge in [-0.25, -0.2) is 4.79 Å². The summed E-state index contributed by atoms with van der Waals surface area (Å²) in [4.78, 5) is 40.1. The summed E-state index contributed by atoms with van der Waals surface area (Å²) in [5.41, 5.74) is 3.91. The van der Waals surface area contributed by atoms with E-state index in [-0.39, 0.29) is 29.8 Å².